The van der Waals surface area contributed by atoms with Gasteiger partial charge in [-0.3, -0.25) is 0 Å². The number of benzene rings is 2. The van der Waals surface area contributed by atoms with Crippen LogP contribution in [0.2, 0.25) is 0 Å². The number of hydrogen-bond donors (Lipinski definition) is 2. The first kappa shape index (κ1) is 20.6. The second-order valence-corrected chi connectivity index (χ2v) is 10.8. The van der Waals surface area contributed by atoms with Gasteiger partial charge in [0.1, 0.15) is 12.1 Å². The summed E-state index contributed by atoms with van der Waals surface area (Å²) in [5.41, 5.74) is 2.45. The molecule has 5 nitrogen and oxygen atoms in total. The van der Waals surface area contributed by atoms with Crippen LogP contribution < -0.4 is 5.32 Å². The SMILES string of the molecule is O=C(NC1(C(=O)O)CC2(CC3(CC(F)(F)C3)C2)C1)OCC1c2ccccc2-c2ccccc21. The number of alkyl halides is 2. The lowest BCUT2D eigenvalue weighted by atomic mass is 9.36. The lowest BCUT2D eigenvalue weighted by molar-refractivity contribution is -0.260. The molecule has 0 aromatic heterocycles. The molecule has 2 aromatic rings. The van der Waals surface area contributed by atoms with Crippen LogP contribution in [-0.4, -0.2) is 35.2 Å². The maximum Gasteiger partial charge on any atom is 0.408 e. The Morgan fingerprint density at radius 1 is 0.879 bits per heavy atom. The normalized spacial score (nSPS) is 24.1. The number of carboxylic acids is 1. The van der Waals surface area contributed by atoms with E-state index in [9.17, 15) is 23.5 Å². The number of amides is 1. The smallest absolute Gasteiger partial charge is 0.408 e. The molecule has 2 spiro atoms. The second-order valence-electron chi connectivity index (χ2n) is 10.8. The van der Waals surface area contributed by atoms with E-state index in [-0.39, 0.29) is 49.0 Å². The van der Waals surface area contributed by atoms with Crippen LogP contribution in [0.3, 0.4) is 0 Å². The quantitative estimate of drug-likeness (QED) is 0.656. The number of carboxylic acid groups (broad SMARTS) is 1. The van der Waals surface area contributed by atoms with Crippen LogP contribution in [0.15, 0.2) is 48.5 Å². The maximum atomic E-state index is 13.3. The number of halogens is 2. The first-order valence-electron chi connectivity index (χ1n) is 11.4. The van der Waals surface area contributed by atoms with Crippen molar-refractivity contribution in [3.8, 4) is 11.1 Å². The van der Waals surface area contributed by atoms with E-state index in [0.29, 0.717) is 12.8 Å². The molecule has 2 aromatic carbocycles. The summed E-state index contributed by atoms with van der Waals surface area (Å²) < 4.78 is 32.2. The van der Waals surface area contributed by atoms with Crippen molar-refractivity contribution in [2.75, 3.05) is 6.61 Å². The van der Waals surface area contributed by atoms with Crippen molar-refractivity contribution in [1.29, 1.82) is 0 Å². The molecule has 2 N–H and O–H groups in total. The van der Waals surface area contributed by atoms with Gasteiger partial charge in [0.2, 0.25) is 5.92 Å². The molecule has 0 radical (unpaired) electrons. The Balaban J connectivity index is 1.10. The zero-order valence-electron chi connectivity index (χ0n) is 18.1. The predicted octanol–water partition coefficient (Wildman–Crippen LogP) is 5.34. The second kappa shape index (κ2) is 6.55. The molecule has 0 atom stereocenters. The van der Waals surface area contributed by atoms with Gasteiger partial charge in [0.15, 0.2) is 0 Å². The summed E-state index contributed by atoms with van der Waals surface area (Å²) >= 11 is 0. The highest BCUT2D eigenvalue weighted by Gasteiger charge is 2.73. The Morgan fingerprint density at radius 3 is 1.91 bits per heavy atom. The summed E-state index contributed by atoms with van der Waals surface area (Å²) in [6, 6.07) is 16.0. The zero-order chi connectivity index (χ0) is 23.1. The molecule has 0 saturated heterocycles. The number of nitrogens with one attached hydrogen (secondary N) is 1. The van der Waals surface area contributed by atoms with E-state index in [1.54, 1.807) is 0 Å². The highest BCUT2D eigenvalue weighted by atomic mass is 19.3. The number of carbonyl (C=O) groups is 2. The largest absolute Gasteiger partial charge is 0.480 e. The van der Waals surface area contributed by atoms with Crippen molar-refractivity contribution < 1.29 is 28.2 Å². The summed E-state index contributed by atoms with van der Waals surface area (Å²) in [7, 11) is 0. The molecule has 33 heavy (non-hydrogen) atoms. The van der Waals surface area contributed by atoms with Gasteiger partial charge in [-0.2, -0.15) is 0 Å². The minimum Gasteiger partial charge on any atom is -0.480 e. The number of fused-ring (bicyclic) bond motifs is 3. The summed E-state index contributed by atoms with van der Waals surface area (Å²) in [4.78, 5) is 24.7. The number of carbonyl (C=O) groups excluding carboxylic acids is 1. The third-order valence-electron chi connectivity index (χ3n) is 8.22. The van der Waals surface area contributed by atoms with Crippen molar-refractivity contribution in [1.82, 2.24) is 5.32 Å². The van der Waals surface area contributed by atoms with Crippen LogP contribution in [0.25, 0.3) is 11.1 Å². The van der Waals surface area contributed by atoms with E-state index in [4.69, 9.17) is 4.74 Å². The standard InChI is InChI=1S/C26H25F2NO4/c27-26(28)14-24(15-26)10-23(11-24)12-25(13-23,21(30)31)29-22(32)33-9-20-18-7-3-1-5-16(18)17-6-2-4-8-19(17)20/h1-8,20H,9-15H2,(H,29,32)(H,30,31). The first-order valence-corrected chi connectivity index (χ1v) is 11.4. The predicted molar refractivity (Wildman–Crippen MR) is 116 cm³/mol. The van der Waals surface area contributed by atoms with Crippen molar-refractivity contribution >= 4 is 12.1 Å². The van der Waals surface area contributed by atoms with Gasteiger partial charge in [0.25, 0.3) is 0 Å². The van der Waals surface area contributed by atoms with E-state index >= 15 is 0 Å². The van der Waals surface area contributed by atoms with E-state index in [0.717, 1.165) is 22.3 Å². The van der Waals surface area contributed by atoms with Gasteiger partial charge < -0.3 is 15.2 Å². The molecule has 4 aliphatic rings. The topological polar surface area (TPSA) is 75.6 Å². The molecular weight excluding hydrogens is 428 g/mol. The third kappa shape index (κ3) is 3.08. The monoisotopic (exact) mass is 453 g/mol. The third-order valence-corrected chi connectivity index (χ3v) is 8.22. The number of hydrogen-bond acceptors (Lipinski definition) is 3. The number of alkyl carbamates (subject to hydrolysis) is 1. The Bertz CT molecular complexity index is 1110. The fourth-order valence-corrected chi connectivity index (χ4v) is 7.44. The molecule has 0 aliphatic heterocycles. The molecule has 0 heterocycles. The number of rotatable bonds is 4. The molecule has 172 valence electrons. The Kier molecular flexibility index (Phi) is 4.10. The minimum absolute atomic E-state index is 0.0956. The van der Waals surface area contributed by atoms with E-state index in [1.165, 1.54) is 0 Å². The number of aliphatic carboxylic acids is 1. The highest BCUT2D eigenvalue weighted by Crippen LogP contribution is 2.75. The highest BCUT2D eigenvalue weighted by molar-refractivity contribution is 5.86. The molecule has 3 saturated carbocycles. The van der Waals surface area contributed by atoms with E-state index < -0.39 is 23.5 Å². The van der Waals surface area contributed by atoms with E-state index in [2.05, 4.69) is 5.32 Å². The maximum absolute atomic E-state index is 13.3. The molecular formula is C26H25F2NO4. The zero-order valence-corrected chi connectivity index (χ0v) is 18.1. The molecule has 3 fully saturated rings. The fourth-order valence-electron chi connectivity index (χ4n) is 7.44. The number of ether oxygens (including phenoxy) is 1. The average molecular weight is 453 g/mol. The van der Waals surface area contributed by atoms with Crippen molar-refractivity contribution in [2.24, 2.45) is 10.8 Å². The lowest BCUT2D eigenvalue weighted by Crippen LogP contribution is -2.72. The van der Waals surface area contributed by atoms with Crippen LogP contribution >= 0.6 is 0 Å². The summed E-state index contributed by atoms with van der Waals surface area (Å²) in [5.74, 6) is -3.78. The lowest BCUT2D eigenvalue weighted by Gasteiger charge is -2.70. The molecule has 0 bridgehead atoms. The van der Waals surface area contributed by atoms with Gasteiger partial charge in [-0.15, -0.1) is 0 Å². The molecule has 0 unspecified atom stereocenters. The van der Waals surface area contributed by atoms with Gasteiger partial charge in [-0.25, -0.2) is 18.4 Å². The summed E-state index contributed by atoms with van der Waals surface area (Å²) in [6.07, 6.45) is 0.843. The minimum atomic E-state index is -2.57. The van der Waals surface area contributed by atoms with Crippen molar-refractivity contribution in [2.45, 2.75) is 55.9 Å². The molecule has 6 rings (SSSR count). The van der Waals surface area contributed by atoms with E-state index in [1.807, 2.05) is 48.5 Å². The van der Waals surface area contributed by atoms with Crippen molar-refractivity contribution in [3.63, 3.8) is 0 Å². The Labute approximate surface area is 190 Å². The van der Waals surface area contributed by atoms with Crippen molar-refractivity contribution in [3.05, 3.63) is 59.7 Å². The fraction of sp³-hybridized carbons (Fsp3) is 0.462. The van der Waals surface area contributed by atoms with Gasteiger partial charge in [0, 0.05) is 18.8 Å². The summed E-state index contributed by atoms with van der Waals surface area (Å²) in [6.45, 7) is 0.110. The van der Waals surface area contributed by atoms with Crippen LogP contribution in [0.5, 0.6) is 0 Å². The van der Waals surface area contributed by atoms with Gasteiger partial charge in [-0.1, -0.05) is 48.5 Å². The van der Waals surface area contributed by atoms with Gasteiger partial charge in [0.05, 0.1) is 0 Å². The van der Waals surface area contributed by atoms with Crippen LogP contribution in [0, 0.1) is 10.8 Å². The Hall–Kier alpha value is -2.96. The molecule has 1 amide bonds. The van der Waals surface area contributed by atoms with Crippen LogP contribution in [0.1, 0.15) is 55.6 Å². The first-order chi connectivity index (χ1) is 15.6. The van der Waals surface area contributed by atoms with Crippen LogP contribution in [0.4, 0.5) is 13.6 Å². The molecule has 4 aliphatic carbocycles. The van der Waals surface area contributed by atoms with Gasteiger partial charge >= 0.3 is 12.1 Å². The summed E-state index contributed by atoms with van der Waals surface area (Å²) in [5, 5.41) is 12.4. The Morgan fingerprint density at radius 2 is 1.39 bits per heavy atom. The van der Waals surface area contributed by atoms with Crippen LogP contribution in [-0.2, 0) is 9.53 Å². The molecule has 7 heteroatoms. The van der Waals surface area contributed by atoms with Gasteiger partial charge in [-0.05, 0) is 58.8 Å². The average Bonchev–Trinajstić information content (AvgIpc) is 3.01.